The zero-order valence-electron chi connectivity index (χ0n) is 14.2. The second-order valence-electron chi connectivity index (χ2n) is 6.66. The minimum absolute atomic E-state index is 0.830. The van der Waals surface area contributed by atoms with Gasteiger partial charge in [0.15, 0.2) is 5.82 Å². The van der Waals surface area contributed by atoms with Gasteiger partial charge in [-0.2, -0.15) is 0 Å². The van der Waals surface area contributed by atoms with Crippen molar-refractivity contribution in [2.75, 3.05) is 18.0 Å². The number of hydrogen-bond donors (Lipinski definition) is 0. The van der Waals surface area contributed by atoms with E-state index in [9.17, 15) is 0 Å². The first-order chi connectivity index (χ1) is 11.8. The maximum absolute atomic E-state index is 4.99. The van der Waals surface area contributed by atoms with Crippen molar-refractivity contribution in [1.29, 1.82) is 0 Å². The molecule has 0 aliphatic carbocycles. The molecule has 1 saturated heterocycles. The van der Waals surface area contributed by atoms with Crippen LogP contribution in [0.4, 0.5) is 5.82 Å². The van der Waals surface area contributed by atoms with Gasteiger partial charge in [-0.1, -0.05) is 48.7 Å². The van der Waals surface area contributed by atoms with Crippen molar-refractivity contribution in [3.63, 3.8) is 0 Å². The summed E-state index contributed by atoms with van der Waals surface area (Å²) in [6.45, 7) is 4.29. The Kier molecular flexibility index (Phi) is 4.16. The third-order valence-electron chi connectivity index (χ3n) is 4.76. The van der Waals surface area contributed by atoms with Crippen molar-refractivity contribution in [2.45, 2.75) is 32.6 Å². The SMILES string of the molecule is Cc1cccc(-c2nc(N3CCCCCC3)c3ccccc3n2)c1. The molecule has 0 saturated carbocycles. The number of aryl methyl sites for hydroxylation is 1. The van der Waals surface area contributed by atoms with Crippen LogP contribution in [0.5, 0.6) is 0 Å². The second kappa shape index (κ2) is 6.60. The van der Waals surface area contributed by atoms with Crippen molar-refractivity contribution in [1.82, 2.24) is 9.97 Å². The predicted molar refractivity (Wildman–Crippen MR) is 100 cm³/mol. The summed E-state index contributed by atoms with van der Waals surface area (Å²) in [6, 6.07) is 16.8. The number of para-hydroxylation sites is 1. The summed E-state index contributed by atoms with van der Waals surface area (Å²) in [7, 11) is 0. The normalized spacial score (nSPS) is 15.5. The van der Waals surface area contributed by atoms with Crippen molar-refractivity contribution in [2.24, 2.45) is 0 Å². The monoisotopic (exact) mass is 317 g/mol. The molecule has 1 aromatic heterocycles. The molecule has 3 aromatic rings. The van der Waals surface area contributed by atoms with E-state index in [4.69, 9.17) is 9.97 Å². The van der Waals surface area contributed by atoms with E-state index >= 15 is 0 Å². The Labute approximate surface area is 143 Å². The van der Waals surface area contributed by atoms with Gasteiger partial charge in [-0.05, 0) is 38.0 Å². The van der Waals surface area contributed by atoms with Gasteiger partial charge < -0.3 is 4.90 Å². The summed E-state index contributed by atoms with van der Waals surface area (Å²) in [6.07, 6.45) is 5.14. The van der Waals surface area contributed by atoms with Crippen LogP contribution in [0.1, 0.15) is 31.2 Å². The smallest absolute Gasteiger partial charge is 0.162 e. The second-order valence-corrected chi connectivity index (χ2v) is 6.66. The summed E-state index contributed by atoms with van der Waals surface area (Å²) < 4.78 is 0. The highest BCUT2D eigenvalue weighted by Crippen LogP contribution is 2.29. The van der Waals surface area contributed by atoms with E-state index in [0.29, 0.717) is 0 Å². The lowest BCUT2D eigenvalue weighted by Gasteiger charge is -2.23. The average Bonchev–Trinajstić information content (AvgIpc) is 2.90. The van der Waals surface area contributed by atoms with Crippen LogP contribution in [0.25, 0.3) is 22.3 Å². The average molecular weight is 317 g/mol. The molecule has 0 atom stereocenters. The molecule has 0 spiro atoms. The van der Waals surface area contributed by atoms with Crippen LogP contribution in [0.3, 0.4) is 0 Å². The van der Waals surface area contributed by atoms with Crippen LogP contribution < -0.4 is 4.90 Å². The Bertz CT molecular complexity index is 849. The largest absolute Gasteiger partial charge is 0.356 e. The minimum atomic E-state index is 0.830. The standard InChI is InChI=1S/C21H23N3/c1-16-9-8-10-17(15-16)20-22-19-12-5-4-11-18(19)21(23-20)24-13-6-2-3-7-14-24/h4-5,8-12,15H,2-3,6-7,13-14H2,1H3. The highest BCUT2D eigenvalue weighted by atomic mass is 15.2. The van der Waals surface area contributed by atoms with Gasteiger partial charge >= 0.3 is 0 Å². The molecule has 0 unspecified atom stereocenters. The van der Waals surface area contributed by atoms with Gasteiger partial charge in [0.2, 0.25) is 0 Å². The van der Waals surface area contributed by atoms with Crippen LogP contribution in [0, 0.1) is 6.92 Å². The van der Waals surface area contributed by atoms with E-state index in [1.54, 1.807) is 0 Å². The van der Waals surface area contributed by atoms with Gasteiger partial charge in [0, 0.05) is 24.0 Å². The Balaban J connectivity index is 1.87. The van der Waals surface area contributed by atoms with Crippen LogP contribution in [0.2, 0.25) is 0 Å². The van der Waals surface area contributed by atoms with Crippen molar-refractivity contribution in [3.05, 3.63) is 54.1 Å². The van der Waals surface area contributed by atoms with Crippen molar-refractivity contribution >= 4 is 16.7 Å². The van der Waals surface area contributed by atoms with E-state index in [2.05, 4.69) is 60.4 Å². The van der Waals surface area contributed by atoms with Crippen LogP contribution in [0.15, 0.2) is 48.5 Å². The fourth-order valence-corrected chi connectivity index (χ4v) is 3.50. The molecular formula is C21H23N3. The zero-order valence-corrected chi connectivity index (χ0v) is 14.2. The summed E-state index contributed by atoms with van der Waals surface area (Å²) in [5, 5.41) is 1.16. The molecule has 2 aromatic carbocycles. The lowest BCUT2D eigenvalue weighted by Crippen LogP contribution is -2.25. The first kappa shape index (κ1) is 15.1. The topological polar surface area (TPSA) is 29.0 Å². The Hall–Kier alpha value is -2.42. The fourth-order valence-electron chi connectivity index (χ4n) is 3.50. The number of rotatable bonds is 2. The summed E-state index contributed by atoms with van der Waals surface area (Å²) in [5.74, 6) is 1.93. The Morgan fingerprint density at radius 1 is 0.833 bits per heavy atom. The number of fused-ring (bicyclic) bond motifs is 1. The molecule has 24 heavy (non-hydrogen) atoms. The molecule has 2 heterocycles. The van der Waals surface area contributed by atoms with Gasteiger partial charge in [-0.3, -0.25) is 0 Å². The third kappa shape index (κ3) is 2.99. The molecule has 122 valence electrons. The fraction of sp³-hybridized carbons (Fsp3) is 0.333. The third-order valence-corrected chi connectivity index (χ3v) is 4.76. The Morgan fingerprint density at radius 2 is 1.62 bits per heavy atom. The summed E-state index contributed by atoms with van der Waals surface area (Å²) in [5.41, 5.74) is 3.36. The summed E-state index contributed by atoms with van der Waals surface area (Å²) >= 11 is 0. The molecule has 0 radical (unpaired) electrons. The van der Waals surface area contributed by atoms with Crippen LogP contribution in [-0.4, -0.2) is 23.1 Å². The van der Waals surface area contributed by atoms with Crippen LogP contribution in [-0.2, 0) is 0 Å². The van der Waals surface area contributed by atoms with Crippen molar-refractivity contribution < 1.29 is 0 Å². The van der Waals surface area contributed by atoms with E-state index in [0.717, 1.165) is 41.2 Å². The lowest BCUT2D eigenvalue weighted by atomic mass is 10.1. The summed E-state index contributed by atoms with van der Waals surface area (Å²) in [4.78, 5) is 12.3. The molecule has 0 N–H and O–H groups in total. The predicted octanol–water partition coefficient (Wildman–Crippen LogP) is 4.99. The van der Waals surface area contributed by atoms with Gasteiger partial charge in [-0.15, -0.1) is 0 Å². The maximum atomic E-state index is 4.99. The number of benzene rings is 2. The van der Waals surface area contributed by atoms with Gasteiger partial charge in [0.05, 0.1) is 5.52 Å². The molecule has 1 aliphatic rings. The van der Waals surface area contributed by atoms with Gasteiger partial charge in [0.1, 0.15) is 5.82 Å². The zero-order chi connectivity index (χ0) is 16.4. The molecule has 0 bridgehead atoms. The van der Waals surface area contributed by atoms with Gasteiger partial charge in [-0.25, -0.2) is 9.97 Å². The number of aromatic nitrogens is 2. The van der Waals surface area contributed by atoms with E-state index in [1.807, 2.05) is 0 Å². The highest BCUT2D eigenvalue weighted by Gasteiger charge is 2.16. The molecule has 0 amide bonds. The molecule has 3 heteroatoms. The van der Waals surface area contributed by atoms with Crippen molar-refractivity contribution in [3.8, 4) is 11.4 Å². The van der Waals surface area contributed by atoms with E-state index in [-0.39, 0.29) is 0 Å². The first-order valence-electron chi connectivity index (χ1n) is 8.90. The van der Waals surface area contributed by atoms with Gasteiger partial charge in [0.25, 0.3) is 0 Å². The lowest BCUT2D eigenvalue weighted by molar-refractivity contribution is 0.726. The molecule has 1 fully saturated rings. The molecule has 1 aliphatic heterocycles. The number of anilines is 1. The maximum Gasteiger partial charge on any atom is 0.162 e. The minimum Gasteiger partial charge on any atom is -0.356 e. The quantitative estimate of drug-likeness (QED) is 0.667. The molecule has 4 rings (SSSR count). The first-order valence-corrected chi connectivity index (χ1v) is 8.90. The highest BCUT2D eigenvalue weighted by molar-refractivity contribution is 5.91. The number of hydrogen-bond acceptors (Lipinski definition) is 3. The number of nitrogens with zero attached hydrogens (tertiary/aromatic N) is 3. The molecule has 3 nitrogen and oxygen atoms in total. The van der Waals surface area contributed by atoms with E-state index in [1.165, 1.54) is 31.2 Å². The van der Waals surface area contributed by atoms with E-state index < -0.39 is 0 Å². The van der Waals surface area contributed by atoms with Crippen LogP contribution >= 0.6 is 0 Å². The molecular weight excluding hydrogens is 294 g/mol. The Morgan fingerprint density at radius 3 is 2.42 bits per heavy atom.